The maximum absolute atomic E-state index is 12.9. The quantitative estimate of drug-likeness (QED) is 0.436. The maximum Gasteiger partial charge on any atom is 0.338 e. The fourth-order valence-electron chi connectivity index (χ4n) is 2.87. The Hall–Kier alpha value is -2.66. The number of nitrogens with zero attached hydrogens (tertiary/aromatic N) is 1. The highest BCUT2D eigenvalue weighted by Crippen LogP contribution is 2.30. The number of ether oxygens (including phenoxy) is 2. The van der Waals surface area contributed by atoms with Crippen LogP contribution >= 0.6 is 0 Å². The molecule has 1 aliphatic heterocycles. The van der Waals surface area contributed by atoms with Crippen LogP contribution in [0, 0.1) is 0 Å². The number of esters is 1. The number of hydrogen-bond acceptors (Lipinski definition) is 7. The van der Waals surface area contributed by atoms with Crippen molar-refractivity contribution in [3.8, 4) is 5.75 Å². The molecule has 30 heavy (non-hydrogen) atoms. The lowest BCUT2D eigenvalue weighted by atomic mass is 10.2. The summed E-state index contributed by atoms with van der Waals surface area (Å²) >= 11 is 0. The molecule has 2 N–H and O–H groups in total. The van der Waals surface area contributed by atoms with Gasteiger partial charge in [-0.2, -0.15) is 4.31 Å². The third-order valence-corrected chi connectivity index (χ3v) is 6.41. The Morgan fingerprint density at radius 1 is 1.17 bits per heavy atom. The molecule has 0 saturated carbocycles. The molecule has 1 saturated heterocycles. The molecule has 0 aliphatic carbocycles. The summed E-state index contributed by atoms with van der Waals surface area (Å²) in [5, 5.41) is 4.55. The van der Waals surface area contributed by atoms with Gasteiger partial charge in [0.1, 0.15) is 10.6 Å². The first-order valence-electron chi connectivity index (χ1n) is 9.72. The van der Waals surface area contributed by atoms with Crippen LogP contribution in [-0.2, 0) is 19.6 Å². The lowest BCUT2D eigenvalue weighted by Gasteiger charge is -2.18. The molecular formula is C19H27N3O7S. The zero-order valence-electron chi connectivity index (χ0n) is 17.1. The number of carbonyl (C=O) groups is 3. The predicted octanol–water partition coefficient (Wildman–Crippen LogP) is 1.26. The van der Waals surface area contributed by atoms with Gasteiger partial charge < -0.3 is 14.8 Å². The number of nitrogens with one attached hydrogen (secondary N) is 2. The Bertz CT molecular complexity index is 880. The van der Waals surface area contributed by atoms with Crippen molar-refractivity contribution in [1.82, 2.24) is 14.9 Å². The second kappa shape index (κ2) is 10.9. The fourth-order valence-corrected chi connectivity index (χ4v) is 4.57. The van der Waals surface area contributed by atoms with E-state index in [1.165, 1.54) is 29.6 Å². The van der Waals surface area contributed by atoms with Crippen molar-refractivity contribution in [1.29, 1.82) is 0 Å². The number of hydrogen-bond donors (Lipinski definition) is 2. The van der Waals surface area contributed by atoms with Crippen LogP contribution in [0.3, 0.4) is 0 Å². The fraction of sp³-hybridized carbons (Fsp3) is 0.526. The average Bonchev–Trinajstić information content (AvgIpc) is 3.27. The molecule has 0 bridgehead atoms. The van der Waals surface area contributed by atoms with Gasteiger partial charge in [0.2, 0.25) is 10.0 Å². The molecule has 1 heterocycles. The molecule has 1 aromatic rings. The molecule has 0 spiro atoms. The first-order valence-corrected chi connectivity index (χ1v) is 11.2. The summed E-state index contributed by atoms with van der Waals surface area (Å²) in [4.78, 5) is 35.4. The van der Waals surface area contributed by atoms with E-state index in [0.717, 1.165) is 25.7 Å². The summed E-state index contributed by atoms with van der Waals surface area (Å²) in [6.45, 7) is 2.52. The molecule has 1 aliphatic rings. The number of rotatable bonds is 9. The monoisotopic (exact) mass is 441 g/mol. The van der Waals surface area contributed by atoms with E-state index in [1.54, 1.807) is 0 Å². The number of methoxy groups -OCH3 is 1. The number of unbranched alkanes of at least 4 members (excludes halogenated alkanes) is 1. The van der Waals surface area contributed by atoms with Crippen molar-refractivity contribution >= 4 is 27.9 Å². The van der Waals surface area contributed by atoms with E-state index in [0.29, 0.717) is 19.6 Å². The molecular weight excluding hydrogens is 414 g/mol. The summed E-state index contributed by atoms with van der Waals surface area (Å²) in [6.07, 6.45) is 3.20. The van der Waals surface area contributed by atoms with E-state index in [-0.39, 0.29) is 16.2 Å². The van der Waals surface area contributed by atoms with Crippen LogP contribution in [0.1, 0.15) is 43.0 Å². The predicted molar refractivity (Wildman–Crippen MR) is 108 cm³/mol. The van der Waals surface area contributed by atoms with Gasteiger partial charge in [-0.3, -0.25) is 10.1 Å². The van der Waals surface area contributed by atoms with E-state index < -0.39 is 34.5 Å². The SMILES string of the molecule is CCCCNC(=O)NC(=O)COC(=O)c1ccc(OC)c(S(=O)(=O)N2CCCC2)c1. The van der Waals surface area contributed by atoms with Gasteiger partial charge in [-0.1, -0.05) is 13.3 Å². The van der Waals surface area contributed by atoms with Crippen LogP contribution in [0.5, 0.6) is 5.75 Å². The highest BCUT2D eigenvalue weighted by atomic mass is 32.2. The van der Waals surface area contributed by atoms with Gasteiger partial charge in [-0.15, -0.1) is 0 Å². The smallest absolute Gasteiger partial charge is 0.338 e. The van der Waals surface area contributed by atoms with Gasteiger partial charge in [-0.25, -0.2) is 18.0 Å². The number of sulfonamides is 1. The van der Waals surface area contributed by atoms with Crippen molar-refractivity contribution < 1.29 is 32.3 Å². The van der Waals surface area contributed by atoms with Gasteiger partial charge >= 0.3 is 12.0 Å². The number of urea groups is 1. The number of carbonyl (C=O) groups excluding carboxylic acids is 3. The summed E-state index contributed by atoms with van der Waals surface area (Å²) in [5.74, 6) is -1.58. The van der Waals surface area contributed by atoms with Crippen molar-refractivity contribution in [2.45, 2.75) is 37.5 Å². The van der Waals surface area contributed by atoms with Gasteiger partial charge in [-0.05, 0) is 37.5 Å². The molecule has 10 nitrogen and oxygen atoms in total. The lowest BCUT2D eigenvalue weighted by molar-refractivity contribution is -0.123. The van der Waals surface area contributed by atoms with Crippen molar-refractivity contribution in [2.75, 3.05) is 33.4 Å². The molecule has 0 radical (unpaired) electrons. The number of benzene rings is 1. The van der Waals surface area contributed by atoms with Crippen LogP contribution in [0.4, 0.5) is 4.79 Å². The van der Waals surface area contributed by atoms with Gasteiger partial charge in [0.15, 0.2) is 6.61 Å². The van der Waals surface area contributed by atoms with Gasteiger partial charge in [0.25, 0.3) is 5.91 Å². The standard InChI is InChI=1S/C19H27N3O7S/c1-3-4-9-20-19(25)21-17(23)13-29-18(24)14-7-8-15(28-2)16(12-14)30(26,27)22-10-5-6-11-22/h7-8,12H,3-6,9-11,13H2,1-2H3,(H2,20,21,23,25). The minimum absolute atomic E-state index is 0.0474. The molecule has 166 valence electrons. The molecule has 11 heteroatoms. The van der Waals surface area contributed by atoms with Crippen molar-refractivity contribution in [3.63, 3.8) is 0 Å². The van der Waals surface area contributed by atoms with Crippen LogP contribution in [0.15, 0.2) is 23.1 Å². The second-order valence-corrected chi connectivity index (χ2v) is 8.62. The van der Waals surface area contributed by atoms with Crippen LogP contribution in [0.2, 0.25) is 0 Å². The number of imide groups is 1. The maximum atomic E-state index is 12.9. The van der Waals surface area contributed by atoms with Crippen molar-refractivity contribution in [2.24, 2.45) is 0 Å². The zero-order valence-corrected chi connectivity index (χ0v) is 17.9. The molecule has 2 rings (SSSR count). The Morgan fingerprint density at radius 2 is 1.87 bits per heavy atom. The van der Waals surface area contributed by atoms with E-state index in [4.69, 9.17) is 9.47 Å². The zero-order chi connectivity index (χ0) is 22.1. The first-order chi connectivity index (χ1) is 14.3. The number of amides is 3. The Balaban J connectivity index is 2.02. The van der Waals surface area contributed by atoms with Gasteiger partial charge in [0.05, 0.1) is 12.7 Å². The summed E-state index contributed by atoms with van der Waals surface area (Å²) in [5.41, 5.74) is -0.0474. The first kappa shape index (κ1) is 23.6. The summed E-state index contributed by atoms with van der Waals surface area (Å²) < 4.78 is 37.1. The van der Waals surface area contributed by atoms with Crippen LogP contribution in [0.25, 0.3) is 0 Å². The Labute approximate surface area is 176 Å². The van der Waals surface area contributed by atoms with E-state index in [9.17, 15) is 22.8 Å². The highest BCUT2D eigenvalue weighted by molar-refractivity contribution is 7.89. The summed E-state index contributed by atoms with van der Waals surface area (Å²) in [6, 6.07) is 3.21. The molecule has 3 amide bonds. The molecule has 0 atom stereocenters. The normalized spacial score (nSPS) is 14.2. The highest BCUT2D eigenvalue weighted by Gasteiger charge is 2.31. The van der Waals surface area contributed by atoms with Crippen molar-refractivity contribution in [3.05, 3.63) is 23.8 Å². The minimum Gasteiger partial charge on any atom is -0.495 e. The third kappa shape index (κ3) is 6.17. The van der Waals surface area contributed by atoms with Gasteiger partial charge in [0, 0.05) is 19.6 Å². The molecule has 0 aromatic heterocycles. The van der Waals surface area contributed by atoms with Crippen LogP contribution < -0.4 is 15.4 Å². The molecule has 1 fully saturated rings. The average molecular weight is 442 g/mol. The Kier molecular flexibility index (Phi) is 8.60. The van der Waals surface area contributed by atoms with E-state index >= 15 is 0 Å². The van der Waals surface area contributed by atoms with Crippen LogP contribution in [-0.4, -0.2) is 64.0 Å². The second-order valence-electron chi connectivity index (χ2n) is 6.71. The topological polar surface area (TPSA) is 131 Å². The van der Waals surface area contributed by atoms with E-state index in [1.807, 2.05) is 12.2 Å². The minimum atomic E-state index is -3.83. The summed E-state index contributed by atoms with van der Waals surface area (Å²) in [7, 11) is -2.49. The molecule has 1 aromatic carbocycles. The third-order valence-electron chi connectivity index (χ3n) is 4.49. The largest absolute Gasteiger partial charge is 0.495 e. The molecule has 0 unspecified atom stereocenters. The van der Waals surface area contributed by atoms with E-state index in [2.05, 4.69) is 5.32 Å². The lowest BCUT2D eigenvalue weighted by Crippen LogP contribution is -2.41. The Morgan fingerprint density at radius 3 is 2.50 bits per heavy atom.